The summed E-state index contributed by atoms with van der Waals surface area (Å²) in [6.07, 6.45) is -0.765. The highest BCUT2D eigenvalue weighted by Gasteiger charge is 2.15. The van der Waals surface area contributed by atoms with E-state index >= 15 is 0 Å². The van der Waals surface area contributed by atoms with Crippen LogP contribution in [-0.2, 0) is 4.79 Å². The SMILES string of the molecule is Cc1cccc(C(=O)NC(=S)NNC(=O)[C@H](C)Oc2ccc3ccccc3c2)c1. The normalized spacial score (nSPS) is 11.4. The number of benzene rings is 3. The minimum atomic E-state index is -0.765. The van der Waals surface area contributed by atoms with Crippen molar-refractivity contribution in [1.29, 1.82) is 0 Å². The molecule has 7 heteroatoms. The number of rotatable bonds is 4. The maximum absolute atomic E-state index is 12.2. The first-order valence-electron chi connectivity index (χ1n) is 9.05. The van der Waals surface area contributed by atoms with Gasteiger partial charge in [-0.05, 0) is 61.1 Å². The third kappa shape index (κ3) is 5.52. The summed E-state index contributed by atoms with van der Waals surface area (Å²) >= 11 is 5.05. The Kier molecular flexibility index (Phi) is 6.41. The van der Waals surface area contributed by atoms with Gasteiger partial charge in [-0.1, -0.05) is 48.0 Å². The molecule has 0 fully saturated rings. The Morgan fingerprint density at radius 1 is 0.931 bits per heavy atom. The van der Waals surface area contributed by atoms with Crippen molar-refractivity contribution in [2.75, 3.05) is 0 Å². The van der Waals surface area contributed by atoms with Crippen LogP contribution in [0.3, 0.4) is 0 Å². The summed E-state index contributed by atoms with van der Waals surface area (Å²) in [5.74, 6) is -0.201. The smallest absolute Gasteiger partial charge is 0.279 e. The van der Waals surface area contributed by atoms with Gasteiger partial charge in [0.25, 0.3) is 11.8 Å². The van der Waals surface area contributed by atoms with Crippen molar-refractivity contribution in [3.05, 3.63) is 77.9 Å². The van der Waals surface area contributed by atoms with Gasteiger partial charge in [0.15, 0.2) is 11.2 Å². The lowest BCUT2D eigenvalue weighted by atomic mass is 10.1. The monoisotopic (exact) mass is 407 g/mol. The predicted molar refractivity (Wildman–Crippen MR) is 117 cm³/mol. The molecule has 1 atom stereocenters. The van der Waals surface area contributed by atoms with E-state index in [0.29, 0.717) is 11.3 Å². The van der Waals surface area contributed by atoms with Gasteiger partial charge >= 0.3 is 0 Å². The first-order valence-corrected chi connectivity index (χ1v) is 9.46. The van der Waals surface area contributed by atoms with Crippen molar-refractivity contribution in [3.63, 3.8) is 0 Å². The van der Waals surface area contributed by atoms with E-state index in [4.69, 9.17) is 17.0 Å². The molecule has 0 saturated heterocycles. The fraction of sp³-hybridized carbons (Fsp3) is 0.136. The molecule has 148 valence electrons. The number of aryl methyl sites for hydroxylation is 1. The van der Waals surface area contributed by atoms with Crippen LogP contribution in [0.4, 0.5) is 0 Å². The summed E-state index contributed by atoms with van der Waals surface area (Å²) in [4.78, 5) is 24.4. The molecule has 0 radical (unpaired) electrons. The summed E-state index contributed by atoms with van der Waals surface area (Å²) in [6.45, 7) is 3.52. The molecule has 3 N–H and O–H groups in total. The molecule has 0 bridgehead atoms. The average molecular weight is 407 g/mol. The molecule has 0 aliphatic rings. The molecule has 0 aliphatic carbocycles. The van der Waals surface area contributed by atoms with Gasteiger partial charge in [0, 0.05) is 5.56 Å². The average Bonchev–Trinajstić information content (AvgIpc) is 2.71. The number of hydrogen-bond donors (Lipinski definition) is 3. The number of carbonyl (C=O) groups is 2. The van der Waals surface area contributed by atoms with Crippen LogP contribution < -0.4 is 20.9 Å². The highest BCUT2D eigenvalue weighted by atomic mass is 32.1. The van der Waals surface area contributed by atoms with Gasteiger partial charge in [-0.15, -0.1) is 0 Å². The molecule has 0 aliphatic heterocycles. The molecule has 6 nitrogen and oxygen atoms in total. The van der Waals surface area contributed by atoms with Crippen molar-refractivity contribution in [2.24, 2.45) is 0 Å². The molecule has 0 aromatic heterocycles. The Bertz CT molecular complexity index is 1070. The van der Waals surface area contributed by atoms with Crippen molar-refractivity contribution < 1.29 is 14.3 Å². The standard InChI is InChI=1S/C22H21N3O3S/c1-14-6-5-9-18(12-14)21(27)23-22(29)25-24-20(26)15(2)28-19-11-10-16-7-3-4-8-17(16)13-19/h3-13,15H,1-2H3,(H,24,26)(H2,23,25,27,29)/t15-/m0/s1. The zero-order chi connectivity index (χ0) is 20.8. The molecule has 29 heavy (non-hydrogen) atoms. The van der Waals surface area contributed by atoms with Crippen LogP contribution in [-0.4, -0.2) is 23.0 Å². The van der Waals surface area contributed by atoms with E-state index in [-0.39, 0.29) is 11.0 Å². The molecular weight excluding hydrogens is 386 g/mol. The lowest BCUT2D eigenvalue weighted by molar-refractivity contribution is -0.127. The number of ether oxygens (including phenoxy) is 1. The van der Waals surface area contributed by atoms with Crippen molar-refractivity contribution in [3.8, 4) is 5.75 Å². The molecule has 0 saturated carbocycles. The van der Waals surface area contributed by atoms with Crippen molar-refractivity contribution in [1.82, 2.24) is 16.2 Å². The second-order valence-electron chi connectivity index (χ2n) is 6.54. The number of fused-ring (bicyclic) bond motifs is 1. The second kappa shape index (κ2) is 9.16. The minimum Gasteiger partial charge on any atom is -0.481 e. The summed E-state index contributed by atoms with van der Waals surface area (Å²) < 4.78 is 5.70. The highest BCUT2D eigenvalue weighted by Crippen LogP contribution is 2.21. The maximum Gasteiger partial charge on any atom is 0.279 e. The quantitative estimate of drug-likeness (QED) is 0.457. The molecule has 3 rings (SSSR count). The number of carbonyl (C=O) groups excluding carboxylic acids is 2. The van der Waals surface area contributed by atoms with Crippen LogP contribution in [0, 0.1) is 6.92 Å². The molecule has 3 aromatic rings. The van der Waals surface area contributed by atoms with Gasteiger partial charge in [-0.2, -0.15) is 0 Å². The van der Waals surface area contributed by atoms with E-state index in [9.17, 15) is 9.59 Å². The first-order chi connectivity index (χ1) is 13.9. The van der Waals surface area contributed by atoms with E-state index < -0.39 is 12.0 Å². The second-order valence-corrected chi connectivity index (χ2v) is 6.94. The fourth-order valence-corrected chi connectivity index (χ4v) is 2.85. The Balaban J connectivity index is 1.50. The van der Waals surface area contributed by atoms with Gasteiger partial charge in [0.1, 0.15) is 5.75 Å². The topological polar surface area (TPSA) is 79.5 Å². The van der Waals surface area contributed by atoms with Crippen LogP contribution in [0.25, 0.3) is 10.8 Å². The molecule has 0 spiro atoms. The zero-order valence-electron chi connectivity index (χ0n) is 16.1. The number of nitrogens with one attached hydrogen (secondary N) is 3. The minimum absolute atomic E-state index is 0.0113. The van der Waals surface area contributed by atoms with Crippen LogP contribution >= 0.6 is 12.2 Å². The molecule has 3 aromatic carbocycles. The van der Waals surface area contributed by atoms with Crippen molar-refractivity contribution in [2.45, 2.75) is 20.0 Å². The van der Waals surface area contributed by atoms with E-state index in [1.807, 2.05) is 55.5 Å². The van der Waals surface area contributed by atoms with Crippen molar-refractivity contribution >= 4 is 39.9 Å². The maximum atomic E-state index is 12.2. The van der Waals surface area contributed by atoms with Gasteiger partial charge in [-0.3, -0.25) is 25.8 Å². The molecule has 0 unspecified atom stereocenters. The largest absolute Gasteiger partial charge is 0.481 e. The third-order valence-corrected chi connectivity index (χ3v) is 4.41. The number of hydrogen-bond acceptors (Lipinski definition) is 4. The lowest BCUT2D eigenvalue weighted by Crippen LogP contribution is -2.51. The summed E-state index contributed by atoms with van der Waals surface area (Å²) in [5.41, 5.74) is 6.39. The summed E-state index contributed by atoms with van der Waals surface area (Å²) in [7, 11) is 0. The number of hydrazine groups is 1. The Hall–Kier alpha value is -3.45. The van der Waals surface area contributed by atoms with Gasteiger partial charge in [-0.25, -0.2) is 0 Å². The van der Waals surface area contributed by atoms with Crippen LogP contribution in [0.15, 0.2) is 66.7 Å². The van der Waals surface area contributed by atoms with Gasteiger partial charge in [0.05, 0.1) is 0 Å². The highest BCUT2D eigenvalue weighted by molar-refractivity contribution is 7.80. The Labute approximate surface area is 174 Å². The molecular formula is C22H21N3O3S. The number of amides is 2. The molecule has 2 amide bonds. The Morgan fingerprint density at radius 2 is 1.69 bits per heavy atom. The van der Waals surface area contributed by atoms with Gasteiger partial charge in [0.2, 0.25) is 0 Å². The predicted octanol–water partition coefficient (Wildman–Crippen LogP) is 3.25. The summed E-state index contributed by atoms with van der Waals surface area (Å²) in [6, 6.07) is 20.6. The first kappa shape index (κ1) is 20.3. The van der Waals surface area contributed by atoms with E-state index in [1.165, 1.54) is 0 Å². The van der Waals surface area contributed by atoms with E-state index in [0.717, 1.165) is 16.3 Å². The van der Waals surface area contributed by atoms with Gasteiger partial charge < -0.3 is 4.74 Å². The number of thiocarbonyl (C=S) groups is 1. The van der Waals surface area contributed by atoms with Crippen LogP contribution in [0.5, 0.6) is 5.75 Å². The summed E-state index contributed by atoms with van der Waals surface area (Å²) in [5, 5.41) is 4.62. The molecule has 0 heterocycles. The lowest BCUT2D eigenvalue weighted by Gasteiger charge is -2.16. The van der Waals surface area contributed by atoms with Crippen LogP contribution in [0.2, 0.25) is 0 Å². The third-order valence-electron chi connectivity index (χ3n) is 4.21. The fourth-order valence-electron chi connectivity index (χ4n) is 2.71. The van der Waals surface area contributed by atoms with Crippen LogP contribution in [0.1, 0.15) is 22.8 Å². The zero-order valence-corrected chi connectivity index (χ0v) is 16.9. The van der Waals surface area contributed by atoms with E-state index in [1.54, 1.807) is 25.1 Å². The Morgan fingerprint density at radius 3 is 2.45 bits per heavy atom. The van der Waals surface area contributed by atoms with E-state index in [2.05, 4.69) is 16.2 Å².